The van der Waals surface area contributed by atoms with E-state index >= 15 is 0 Å². The molecule has 0 aromatic rings. The zero-order valence-electron chi connectivity index (χ0n) is 9.53. The monoisotopic (exact) mass is 211 g/mol. The van der Waals surface area contributed by atoms with Crippen molar-refractivity contribution in [1.82, 2.24) is 5.32 Å². The maximum Gasteiger partial charge on any atom is 0.144 e. The molecule has 0 atom stereocenters. The van der Waals surface area contributed by atoms with E-state index in [1.807, 2.05) is 13.8 Å². The molecule has 1 rings (SSSR count). The lowest BCUT2D eigenvalue weighted by molar-refractivity contribution is 0.304. The average Bonchev–Trinajstić information content (AvgIpc) is 2.69. The van der Waals surface area contributed by atoms with Gasteiger partial charge in [0.1, 0.15) is 5.84 Å². The summed E-state index contributed by atoms with van der Waals surface area (Å²) in [6.45, 7) is 4.86. The molecule has 0 radical (unpaired) electrons. The van der Waals surface area contributed by atoms with Crippen LogP contribution in [0.1, 0.15) is 33.1 Å². The number of nitrogens with two attached hydrogens (primary N) is 1. The van der Waals surface area contributed by atoms with Crippen molar-refractivity contribution in [2.24, 2.45) is 16.3 Å². The quantitative estimate of drug-likeness (QED) is 0.212. The van der Waals surface area contributed by atoms with Crippen LogP contribution in [0.25, 0.3) is 0 Å². The Hall–Kier alpha value is -1.03. The Balaban J connectivity index is 2.24. The van der Waals surface area contributed by atoms with E-state index in [0.717, 1.165) is 25.8 Å². The molecule has 86 valence electrons. The molecule has 0 aromatic carbocycles. The van der Waals surface area contributed by atoms with Crippen LogP contribution in [0, 0.1) is 5.41 Å². The lowest BCUT2D eigenvalue weighted by atomic mass is 9.88. The third kappa shape index (κ3) is 3.55. The molecule has 1 aliphatic carbocycles. The molecule has 1 aliphatic rings. The summed E-state index contributed by atoms with van der Waals surface area (Å²) in [6, 6.07) is 0.577. The topological polar surface area (TPSA) is 70.6 Å². The molecule has 0 saturated carbocycles. The largest absolute Gasteiger partial charge is 0.409 e. The van der Waals surface area contributed by atoms with Gasteiger partial charge in [0, 0.05) is 11.5 Å². The summed E-state index contributed by atoms with van der Waals surface area (Å²) < 4.78 is 0. The van der Waals surface area contributed by atoms with Crippen molar-refractivity contribution in [3.8, 4) is 0 Å². The van der Waals surface area contributed by atoms with E-state index in [0.29, 0.717) is 11.9 Å². The number of amidine groups is 1. The molecule has 0 saturated heterocycles. The first-order valence-corrected chi connectivity index (χ1v) is 5.42. The van der Waals surface area contributed by atoms with Crippen molar-refractivity contribution < 1.29 is 5.21 Å². The second-order valence-corrected chi connectivity index (χ2v) is 4.71. The maximum atomic E-state index is 8.61. The summed E-state index contributed by atoms with van der Waals surface area (Å²) >= 11 is 0. The van der Waals surface area contributed by atoms with Gasteiger partial charge in [-0.3, -0.25) is 0 Å². The fourth-order valence-corrected chi connectivity index (χ4v) is 1.64. The van der Waals surface area contributed by atoms with Gasteiger partial charge in [0.25, 0.3) is 0 Å². The average molecular weight is 211 g/mol. The first kappa shape index (κ1) is 12.0. The predicted molar refractivity (Wildman–Crippen MR) is 62.0 cm³/mol. The molecule has 0 heterocycles. The van der Waals surface area contributed by atoms with E-state index in [9.17, 15) is 0 Å². The van der Waals surface area contributed by atoms with Gasteiger partial charge in [-0.05, 0) is 25.8 Å². The van der Waals surface area contributed by atoms with Gasteiger partial charge >= 0.3 is 0 Å². The SMILES string of the molecule is CC(C)(CCNC1CC=CC1)/C(N)=N/O. The Morgan fingerprint density at radius 2 is 2.13 bits per heavy atom. The summed E-state index contributed by atoms with van der Waals surface area (Å²) in [5, 5.41) is 15.1. The third-order valence-corrected chi connectivity index (χ3v) is 2.99. The normalized spacial score (nSPS) is 18.7. The molecular weight excluding hydrogens is 190 g/mol. The van der Waals surface area contributed by atoms with Crippen LogP contribution in [-0.4, -0.2) is 23.6 Å². The van der Waals surface area contributed by atoms with Crippen LogP contribution in [0.15, 0.2) is 17.3 Å². The van der Waals surface area contributed by atoms with Crippen LogP contribution in [0.2, 0.25) is 0 Å². The summed E-state index contributed by atoms with van der Waals surface area (Å²) in [5.41, 5.74) is 5.36. The molecule has 0 fully saturated rings. The molecule has 0 bridgehead atoms. The summed E-state index contributed by atoms with van der Waals surface area (Å²) in [5.74, 6) is 0.300. The molecule has 15 heavy (non-hydrogen) atoms. The molecule has 0 aliphatic heterocycles. The number of rotatable bonds is 5. The van der Waals surface area contributed by atoms with Crippen LogP contribution < -0.4 is 11.1 Å². The lowest BCUT2D eigenvalue weighted by Crippen LogP contribution is -2.36. The zero-order chi connectivity index (χ0) is 11.3. The van der Waals surface area contributed by atoms with Gasteiger partial charge in [-0.25, -0.2) is 0 Å². The van der Waals surface area contributed by atoms with Gasteiger partial charge in [0.15, 0.2) is 0 Å². The van der Waals surface area contributed by atoms with E-state index in [4.69, 9.17) is 10.9 Å². The van der Waals surface area contributed by atoms with Crippen LogP contribution in [0.3, 0.4) is 0 Å². The second kappa shape index (κ2) is 5.16. The smallest absolute Gasteiger partial charge is 0.144 e. The van der Waals surface area contributed by atoms with Gasteiger partial charge in [0.2, 0.25) is 0 Å². The molecule has 0 aromatic heterocycles. The van der Waals surface area contributed by atoms with E-state index < -0.39 is 0 Å². The molecule has 4 N–H and O–H groups in total. The summed E-state index contributed by atoms with van der Waals surface area (Å²) in [7, 11) is 0. The van der Waals surface area contributed by atoms with Crippen LogP contribution >= 0.6 is 0 Å². The minimum absolute atomic E-state index is 0.242. The Bertz CT molecular complexity index is 251. The zero-order valence-corrected chi connectivity index (χ0v) is 9.53. The van der Waals surface area contributed by atoms with Gasteiger partial charge in [-0.2, -0.15) is 0 Å². The molecule has 4 nitrogen and oxygen atoms in total. The Morgan fingerprint density at radius 1 is 1.53 bits per heavy atom. The van der Waals surface area contributed by atoms with Gasteiger partial charge in [-0.1, -0.05) is 31.2 Å². The first-order valence-electron chi connectivity index (χ1n) is 5.42. The Kier molecular flexibility index (Phi) is 4.15. The lowest BCUT2D eigenvalue weighted by Gasteiger charge is -2.24. The van der Waals surface area contributed by atoms with E-state index in [-0.39, 0.29) is 5.41 Å². The van der Waals surface area contributed by atoms with E-state index in [1.54, 1.807) is 0 Å². The molecule has 0 amide bonds. The van der Waals surface area contributed by atoms with Gasteiger partial charge in [0.05, 0.1) is 0 Å². The third-order valence-electron chi connectivity index (χ3n) is 2.99. The number of nitrogens with one attached hydrogen (secondary N) is 1. The minimum Gasteiger partial charge on any atom is -0.409 e. The van der Waals surface area contributed by atoms with Crippen LogP contribution in [0.5, 0.6) is 0 Å². The van der Waals surface area contributed by atoms with E-state index in [1.165, 1.54) is 0 Å². The van der Waals surface area contributed by atoms with Gasteiger partial charge < -0.3 is 16.3 Å². The van der Waals surface area contributed by atoms with Crippen molar-refractivity contribution in [3.63, 3.8) is 0 Å². The Labute approximate surface area is 91.2 Å². The predicted octanol–water partition coefficient (Wildman–Crippen LogP) is 1.46. The van der Waals surface area contributed by atoms with E-state index in [2.05, 4.69) is 22.6 Å². The number of oxime groups is 1. The summed E-state index contributed by atoms with van der Waals surface area (Å²) in [6.07, 6.45) is 7.51. The highest BCUT2D eigenvalue weighted by atomic mass is 16.4. The second-order valence-electron chi connectivity index (χ2n) is 4.71. The summed E-state index contributed by atoms with van der Waals surface area (Å²) in [4.78, 5) is 0. The maximum absolute atomic E-state index is 8.61. The fourth-order valence-electron chi connectivity index (χ4n) is 1.64. The minimum atomic E-state index is -0.242. The standard InChI is InChI=1S/C11H21N3O/c1-11(2,10(12)14-15)7-8-13-9-5-3-4-6-9/h3-4,9,13,15H,5-8H2,1-2H3,(H2,12,14). The first-order chi connectivity index (χ1) is 7.06. The van der Waals surface area contributed by atoms with Crippen LogP contribution in [0.4, 0.5) is 0 Å². The van der Waals surface area contributed by atoms with Crippen molar-refractivity contribution in [2.75, 3.05) is 6.54 Å². The van der Waals surface area contributed by atoms with Crippen molar-refractivity contribution in [3.05, 3.63) is 12.2 Å². The van der Waals surface area contributed by atoms with Gasteiger partial charge in [-0.15, -0.1) is 0 Å². The van der Waals surface area contributed by atoms with Crippen LogP contribution in [-0.2, 0) is 0 Å². The fraction of sp³-hybridized carbons (Fsp3) is 0.727. The van der Waals surface area contributed by atoms with Crippen molar-refractivity contribution in [2.45, 2.75) is 39.2 Å². The molecule has 0 unspecified atom stereocenters. The number of hydrogen-bond acceptors (Lipinski definition) is 3. The highest BCUT2D eigenvalue weighted by Gasteiger charge is 2.23. The Morgan fingerprint density at radius 3 is 2.67 bits per heavy atom. The number of nitrogens with zero attached hydrogens (tertiary/aromatic N) is 1. The highest BCUT2D eigenvalue weighted by Crippen LogP contribution is 2.20. The van der Waals surface area contributed by atoms with Crippen molar-refractivity contribution in [1.29, 1.82) is 0 Å². The molecule has 0 spiro atoms. The number of hydrogen-bond donors (Lipinski definition) is 3. The molecule has 4 heteroatoms. The highest BCUT2D eigenvalue weighted by molar-refractivity contribution is 5.85. The molecular formula is C11H21N3O. The van der Waals surface area contributed by atoms with Crippen molar-refractivity contribution >= 4 is 5.84 Å².